The van der Waals surface area contributed by atoms with E-state index < -0.39 is 40.4 Å². The second kappa shape index (κ2) is 12.3. The summed E-state index contributed by atoms with van der Waals surface area (Å²) in [5.74, 6) is -1.41. The first kappa shape index (κ1) is 29.4. The fourth-order valence-electron chi connectivity index (χ4n) is 4.95. The largest absolute Gasteiger partial charge is 0.481 e. The summed E-state index contributed by atoms with van der Waals surface area (Å²) in [5, 5.41) is 29.4. The van der Waals surface area contributed by atoms with Crippen LogP contribution in [0.5, 0.6) is 0 Å². The number of anilines is 1. The fourth-order valence-corrected chi connectivity index (χ4v) is 6.45. The Morgan fingerprint density at radius 2 is 1.77 bits per heavy atom. The number of benzene rings is 2. The summed E-state index contributed by atoms with van der Waals surface area (Å²) in [7, 11) is -3.91. The molecule has 10 heteroatoms. The molecule has 0 saturated heterocycles. The normalized spacial score (nSPS) is 15.3. The van der Waals surface area contributed by atoms with E-state index in [1.54, 1.807) is 48.5 Å². The number of sulfonamides is 1. The summed E-state index contributed by atoms with van der Waals surface area (Å²) in [5.41, 5.74) is 3.29. The maximum atomic E-state index is 13.9. The number of nitrogens with zero attached hydrogens (tertiary/aromatic N) is 2. The van der Waals surface area contributed by atoms with Gasteiger partial charge in [0.05, 0.1) is 29.2 Å². The molecule has 8 nitrogen and oxygen atoms in total. The number of carboxylic acid groups (broad SMARTS) is 1. The van der Waals surface area contributed by atoms with E-state index in [1.807, 2.05) is 13.8 Å². The first-order valence-corrected chi connectivity index (χ1v) is 14.6. The summed E-state index contributed by atoms with van der Waals surface area (Å²) in [6.07, 6.45) is 1.19. The van der Waals surface area contributed by atoms with Gasteiger partial charge in [-0.1, -0.05) is 56.3 Å². The number of carboxylic acids is 1. The number of fused-ring (bicyclic) bond motifs is 1. The average Bonchev–Trinajstić information content (AvgIpc) is 2.91. The van der Waals surface area contributed by atoms with Crippen LogP contribution in [0, 0.1) is 5.82 Å². The van der Waals surface area contributed by atoms with Crippen molar-refractivity contribution in [1.82, 2.24) is 4.98 Å². The van der Waals surface area contributed by atoms with E-state index in [4.69, 9.17) is 10.1 Å². The summed E-state index contributed by atoms with van der Waals surface area (Å²) in [6.45, 7) is 4.10. The van der Waals surface area contributed by atoms with Crippen LogP contribution in [-0.4, -0.2) is 53.4 Å². The fraction of sp³-hybridized carbons (Fsp3) is 0.333. The summed E-state index contributed by atoms with van der Waals surface area (Å²) < 4.78 is 42.7. The zero-order valence-electron chi connectivity index (χ0n) is 22.4. The number of aliphatic hydroxyl groups is 2. The Kier molecular flexibility index (Phi) is 9.02. The van der Waals surface area contributed by atoms with Crippen LogP contribution in [-0.2, 0) is 21.2 Å². The minimum atomic E-state index is -3.91. The van der Waals surface area contributed by atoms with Crippen LogP contribution in [0.3, 0.4) is 0 Å². The first-order valence-electron chi connectivity index (χ1n) is 13.2. The van der Waals surface area contributed by atoms with E-state index in [2.05, 4.69) is 0 Å². The van der Waals surface area contributed by atoms with Crippen molar-refractivity contribution in [3.63, 3.8) is 0 Å². The maximum Gasteiger partial charge on any atom is 0.305 e. The molecule has 0 bridgehead atoms. The second-order valence-electron chi connectivity index (χ2n) is 10.2. The predicted octanol–water partition coefficient (Wildman–Crippen LogP) is 4.75. The molecule has 0 aliphatic carbocycles. The molecular formula is C30H33FN2O6S. The Hall–Kier alpha value is -3.60. The molecule has 2 atom stereocenters. The van der Waals surface area contributed by atoms with E-state index in [-0.39, 0.29) is 23.8 Å². The molecule has 40 heavy (non-hydrogen) atoms. The lowest BCUT2D eigenvalue weighted by atomic mass is 9.87. The zero-order valence-corrected chi connectivity index (χ0v) is 23.2. The maximum absolute atomic E-state index is 13.9. The monoisotopic (exact) mass is 568 g/mol. The van der Waals surface area contributed by atoms with Crippen molar-refractivity contribution in [2.75, 3.05) is 10.8 Å². The van der Waals surface area contributed by atoms with Crippen molar-refractivity contribution < 1.29 is 32.9 Å². The van der Waals surface area contributed by atoms with Crippen LogP contribution < -0.4 is 4.31 Å². The predicted molar refractivity (Wildman–Crippen MR) is 151 cm³/mol. The molecule has 0 saturated carbocycles. The van der Waals surface area contributed by atoms with Gasteiger partial charge in [0.2, 0.25) is 0 Å². The Morgan fingerprint density at radius 3 is 2.40 bits per heavy atom. The summed E-state index contributed by atoms with van der Waals surface area (Å²) in [4.78, 5) is 15.9. The summed E-state index contributed by atoms with van der Waals surface area (Å²) in [6, 6.07) is 14.1. The highest BCUT2D eigenvalue weighted by Gasteiger charge is 2.34. The number of hydrogen-bond donors (Lipinski definition) is 3. The zero-order chi connectivity index (χ0) is 29.0. The van der Waals surface area contributed by atoms with E-state index in [0.717, 1.165) is 0 Å². The minimum absolute atomic E-state index is 0.151. The number of carbonyl (C=O) groups is 1. The van der Waals surface area contributed by atoms with Gasteiger partial charge in [-0.25, -0.2) is 22.1 Å². The third kappa shape index (κ3) is 6.41. The van der Waals surface area contributed by atoms with E-state index in [1.165, 1.54) is 22.5 Å². The van der Waals surface area contributed by atoms with Crippen molar-refractivity contribution in [2.45, 2.75) is 62.6 Å². The molecule has 0 spiro atoms. The van der Waals surface area contributed by atoms with Crippen LogP contribution in [0.25, 0.3) is 17.2 Å². The van der Waals surface area contributed by atoms with Gasteiger partial charge in [0.25, 0.3) is 10.0 Å². The van der Waals surface area contributed by atoms with Crippen LogP contribution in [0.1, 0.15) is 55.8 Å². The van der Waals surface area contributed by atoms with Crippen molar-refractivity contribution in [3.05, 3.63) is 83.3 Å². The number of aliphatic hydroxyl groups excluding tert-OH is 2. The van der Waals surface area contributed by atoms with Gasteiger partial charge in [0.15, 0.2) is 0 Å². The Balaban J connectivity index is 1.90. The minimum Gasteiger partial charge on any atom is -0.481 e. The third-order valence-electron chi connectivity index (χ3n) is 6.79. The number of hydrogen-bond acceptors (Lipinski definition) is 6. The molecule has 0 unspecified atom stereocenters. The molecule has 3 aromatic rings. The quantitative estimate of drug-likeness (QED) is 0.322. The number of halogens is 1. The van der Waals surface area contributed by atoms with Crippen molar-refractivity contribution in [1.29, 1.82) is 0 Å². The lowest BCUT2D eigenvalue weighted by Gasteiger charge is -2.33. The van der Waals surface area contributed by atoms with Gasteiger partial charge in [-0.2, -0.15) is 0 Å². The highest BCUT2D eigenvalue weighted by molar-refractivity contribution is 7.92. The van der Waals surface area contributed by atoms with Gasteiger partial charge in [0, 0.05) is 24.1 Å². The van der Waals surface area contributed by atoms with Gasteiger partial charge >= 0.3 is 5.97 Å². The van der Waals surface area contributed by atoms with Crippen molar-refractivity contribution in [2.24, 2.45) is 0 Å². The lowest BCUT2D eigenvalue weighted by Crippen LogP contribution is -2.37. The molecule has 0 amide bonds. The molecule has 2 aromatic carbocycles. The molecule has 0 fully saturated rings. The topological polar surface area (TPSA) is 128 Å². The van der Waals surface area contributed by atoms with Crippen molar-refractivity contribution >= 4 is 27.9 Å². The SMILES string of the molecule is CC(C)c1nc2c(c(-c3ccc(F)cc3)c1C=C[C@@H](O)C[C@@H](O)CC(=O)O)CCCN2S(=O)(=O)c1ccccc1. The third-order valence-corrected chi connectivity index (χ3v) is 8.59. The lowest BCUT2D eigenvalue weighted by molar-refractivity contribution is -0.139. The van der Waals surface area contributed by atoms with Gasteiger partial charge < -0.3 is 15.3 Å². The molecule has 1 aromatic heterocycles. The number of rotatable bonds is 10. The molecule has 212 valence electrons. The van der Waals surface area contributed by atoms with Gasteiger partial charge in [-0.05, 0) is 54.2 Å². The Morgan fingerprint density at radius 1 is 1.10 bits per heavy atom. The molecule has 1 aliphatic heterocycles. The summed E-state index contributed by atoms with van der Waals surface area (Å²) >= 11 is 0. The van der Waals surface area contributed by atoms with Crippen LogP contribution in [0.4, 0.5) is 10.2 Å². The van der Waals surface area contributed by atoms with Crippen LogP contribution in [0.2, 0.25) is 0 Å². The highest BCUT2D eigenvalue weighted by atomic mass is 32.2. The average molecular weight is 569 g/mol. The molecule has 3 N–H and O–H groups in total. The van der Waals surface area contributed by atoms with Crippen LogP contribution >= 0.6 is 0 Å². The molecule has 2 heterocycles. The Bertz CT molecular complexity index is 1490. The van der Waals surface area contributed by atoms with Gasteiger partial charge in [-0.15, -0.1) is 0 Å². The van der Waals surface area contributed by atoms with Gasteiger partial charge in [0.1, 0.15) is 11.6 Å². The first-order chi connectivity index (χ1) is 19.0. The molecular weight excluding hydrogens is 535 g/mol. The highest BCUT2D eigenvalue weighted by Crippen LogP contribution is 2.42. The van der Waals surface area contributed by atoms with E-state index in [9.17, 15) is 27.8 Å². The van der Waals surface area contributed by atoms with E-state index in [0.29, 0.717) is 46.6 Å². The van der Waals surface area contributed by atoms with E-state index >= 15 is 0 Å². The standard InChI is InChI=1S/C30H33FN2O6S/c1-19(2)29-25(15-14-22(34)17-23(35)18-27(36)37)28(20-10-12-21(31)13-11-20)26-9-6-16-33(30(26)32-29)40(38,39)24-7-4-3-5-8-24/h3-5,7-8,10-15,19,22-23,34-35H,6,9,16-18H2,1-2H3,(H,36,37)/t22-,23-/m1/s1. The number of pyridine rings is 1. The molecule has 0 radical (unpaired) electrons. The Labute approximate surface area is 233 Å². The van der Waals surface area contributed by atoms with Crippen molar-refractivity contribution in [3.8, 4) is 11.1 Å². The van der Waals surface area contributed by atoms with Gasteiger partial charge in [-0.3, -0.25) is 4.79 Å². The second-order valence-corrected chi connectivity index (χ2v) is 12.0. The molecule has 4 rings (SSSR count). The number of aliphatic carboxylic acids is 1. The van der Waals surface area contributed by atoms with Crippen LogP contribution in [0.15, 0.2) is 65.6 Å². The number of aromatic nitrogens is 1. The smallest absolute Gasteiger partial charge is 0.305 e. The molecule has 1 aliphatic rings.